The summed E-state index contributed by atoms with van der Waals surface area (Å²) in [6.45, 7) is 6.51. The maximum absolute atomic E-state index is 12.9. The molecule has 1 atom stereocenters. The summed E-state index contributed by atoms with van der Waals surface area (Å²) in [7, 11) is 0. The Labute approximate surface area is 453 Å². The van der Waals surface area contributed by atoms with Crippen molar-refractivity contribution in [2.75, 3.05) is 13.2 Å². The molecule has 1 unspecified atom stereocenters. The van der Waals surface area contributed by atoms with E-state index >= 15 is 0 Å². The van der Waals surface area contributed by atoms with E-state index in [4.69, 9.17) is 14.2 Å². The summed E-state index contributed by atoms with van der Waals surface area (Å²) in [5.41, 5.74) is 0. The van der Waals surface area contributed by atoms with Crippen molar-refractivity contribution >= 4 is 17.9 Å². The van der Waals surface area contributed by atoms with E-state index in [0.29, 0.717) is 19.3 Å². The Kier molecular flexibility index (Phi) is 58.7. The maximum atomic E-state index is 12.9. The number of carbonyl (C=O) groups is 3. The lowest BCUT2D eigenvalue weighted by Crippen LogP contribution is -2.30. The summed E-state index contributed by atoms with van der Waals surface area (Å²) in [6, 6.07) is 0. The van der Waals surface area contributed by atoms with Gasteiger partial charge in [0.25, 0.3) is 0 Å². The van der Waals surface area contributed by atoms with Crippen molar-refractivity contribution in [2.45, 2.75) is 322 Å². The summed E-state index contributed by atoms with van der Waals surface area (Å²) in [5.74, 6) is -0.886. The van der Waals surface area contributed by atoms with Crippen LogP contribution in [-0.2, 0) is 28.6 Å². The molecule has 0 aliphatic rings. The van der Waals surface area contributed by atoms with E-state index in [1.54, 1.807) is 0 Å². The molecule has 6 heteroatoms. The van der Waals surface area contributed by atoms with Gasteiger partial charge < -0.3 is 14.2 Å². The van der Waals surface area contributed by atoms with Crippen LogP contribution >= 0.6 is 0 Å². The zero-order chi connectivity index (χ0) is 52.9. The molecule has 73 heavy (non-hydrogen) atoms. The maximum Gasteiger partial charge on any atom is 0.306 e. The van der Waals surface area contributed by atoms with Gasteiger partial charge in [-0.15, -0.1) is 0 Å². The molecule has 0 spiro atoms. The normalized spacial score (nSPS) is 12.5. The van der Waals surface area contributed by atoms with Crippen LogP contribution in [0.1, 0.15) is 316 Å². The number of ether oxygens (including phenoxy) is 3. The zero-order valence-electron chi connectivity index (χ0n) is 48.4. The van der Waals surface area contributed by atoms with Crippen LogP contribution in [0.3, 0.4) is 0 Å². The van der Waals surface area contributed by atoms with Crippen molar-refractivity contribution in [2.24, 2.45) is 0 Å². The molecule has 0 rings (SSSR count). The zero-order valence-corrected chi connectivity index (χ0v) is 48.4. The van der Waals surface area contributed by atoms with Crippen LogP contribution in [0, 0.1) is 0 Å². The number of carbonyl (C=O) groups excluding carboxylic acids is 3. The Hall–Kier alpha value is -3.15. The van der Waals surface area contributed by atoms with Crippen LogP contribution in [-0.4, -0.2) is 37.2 Å². The molecule has 0 radical (unpaired) electrons. The molecule has 0 aromatic heterocycles. The Bertz CT molecular complexity index is 1360. The molecule has 0 fully saturated rings. The molecule has 0 heterocycles. The molecular weight excluding hydrogens is 901 g/mol. The average molecular weight is 1020 g/mol. The van der Waals surface area contributed by atoms with Crippen LogP contribution in [0.4, 0.5) is 0 Å². The molecule has 0 aromatic carbocycles. The fraction of sp³-hybridized carbons (Fsp3) is 0.776. The van der Waals surface area contributed by atoms with Gasteiger partial charge in [-0.3, -0.25) is 14.4 Å². The van der Waals surface area contributed by atoms with Gasteiger partial charge in [-0.1, -0.05) is 286 Å². The first-order valence-electron chi connectivity index (χ1n) is 31.4. The lowest BCUT2D eigenvalue weighted by atomic mass is 10.0. The third kappa shape index (κ3) is 59.6. The van der Waals surface area contributed by atoms with E-state index in [0.717, 1.165) is 103 Å². The summed E-state index contributed by atoms with van der Waals surface area (Å²) in [4.78, 5) is 38.2. The molecule has 0 saturated heterocycles. The van der Waals surface area contributed by atoms with Gasteiger partial charge in [0, 0.05) is 19.3 Å². The second-order valence-electron chi connectivity index (χ2n) is 20.9. The molecule has 0 amide bonds. The first-order valence-corrected chi connectivity index (χ1v) is 31.4. The first kappa shape index (κ1) is 69.8. The van der Waals surface area contributed by atoms with Crippen molar-refractivity contribution in [3.63, 3.8) is 0 Å². The van der Waals surface area contributed by atoms with E-state index in [1.807, 2.05) is 0 Å². The molecular formula is C67H118O6. The first-order chi connectivity index (χ1) is 36.0. The minimum atomic E-state index is -0.782. The molecule has 6 nitrogen and oxygen atoms in total. The highest BCUT2D eigenvalue weighted by atomic mass is 16.6. The third-order valence-electron chi connectivity index (χ3n) is 13.7. The molecule has 0 aliphatic heterocycles. The van der Waals surface area contributed by atoms with Crippen molar-refractivity contribution in [1.82, 2.24) is 0 Å². The molecule has 0 bridgehead atoms. The molecule has 422 valence electrons. The van der Waals surface area contributed by atoms with Gasteiger partial charge in [-0.05, 0) is 83.5 Å². The van der Waals surface area contributed by atoms with E-state index < -0.39 is 6.10 Å². The second-order valence-corrected chi connectivity index (χ2v) is 20.9. The predicted molar refractivity (Wildman–Crippen MR) is 316 cm³/mol. The standard InChI is InChI=1S/C67H118O6/c1-4-7-10-13-16-19-22-24-26-28-30-32-33-35-36-38-40-42-45-48-51-54-57-60-66(69)72-63-64(62-71-65(68)59-56-53-50-47-44-21-18-15-12-9-6-3)73-67(70)61-58-55-52-49-46-43-41-39-37-34-31-29-27-25-23-20-17-14-11-8-5-2/h7,10,15-16,18-19,24,26,30,32,35-36,64H,4-6,8-9,11-14,17,20-23,25,27-29,31,33-34,37-63H2,1-3H3/b10-7-,18-15-,19-16-,26-24-,32-30-,36-35-. The van der Waals surface area contributed by atoms with Gasteiger partial charge in [-0.25, -0.2) is 0 Å². The largest absolute Gasteiger partial charge is 0.462 e. The van der Waals surface area contributed by atoms with Crippen molar-refractivity contribution in [3.8, 4) is 0 Å². The second kappa shape index (κ2) is 61.4. The number of esters is 3. The van der Waals surface area contributed by atoms with Crippen LogP contribution in [0.2, 0.25) is 0 Å². The van der Waals surface area contributed by atoms with Crippen LogP contribution < -0.4 is 0 Å². The van der Waals surface area contributed by atoms with Crippen molar-refractivity contribution in [1.29, 1.82) is 0 Å². The lowest BCUT2D eigenvalue weighted by Gasteiger charge is -2.18. The molecule has 0 aliphatic carbocycles. The average Bonchev–Trinajstić information content (AvgIpc) is 3.39. The summed E-state index contributed by atoms with van der Waals surface area (Å²) in [6.07, 6.45) is 79.1. The van der Waals surface area contributed by atoms with Gasteiger partial charge in [0.2, 0.25) is 0 Å². The quantitative estimate of drug-likeness (QED) is 0.0261. The van der Waals surface area contributed by atoms with E-state index in [2.05, 4.69) is 93.7 Å². The Morgan fingerprint density at radius 2 is 0.548 bits per heavy atom. The number of allylic oxidation sites excluding steroid dienone is 12. The summed E-state index contributed by atoms with van der Waals surface area (Å²) in [5, 5.41) is 0. The highest BCUT2D eigenvalue weighted by molar-refractivity contribution is 5.71. The third-order valence-corrected chi connectivity index (χ3v) is 13.7. The van der Waals surface area contributed by atoms with Crippen LogP contribution in [0.25, 0.3) is 0 Å². The summed E-state index contributed by atoms with van der Waals surface area (Å²) < 4.78 is 16.9. The van der Waals surface area contributed by atoms with Crippen LogP contribution in [0.5, 0.6) is 0 Å². The monoisotopic (exact) mass is 1020 g/mol. The van der Waals surface area contributed by atoms with Crippen molar-refractivity contribution in [3.05, 3.63) is 72.9 Å². The van der Waals surface area contributed by atoms with E-state index in [-0.39, 0.29) is 31.1 Å². The minimum absolute atomic E-state index is 0.0807. The summed E-state index contributed by atoms with van der Waals surface area (Å²) >= 11 is 0. The molecule has 0 aromatic rings. The van der Waals surface area contributed by atoms with Crippen molar-refractivity contribution < 1.29 is 28.6 Å². The SMILES string of the molecule is CC/C=C\C/C=C\C/C=C\C/C=C\C/C=C\CCCCCCCCCC(=O)OCC(COC(=O)CCCCCCC/C=C\CCCC)OC(=O)CCCCCCCCCCCCCCCCCCCCCCC. The smallest absolute Gasteiger partial charge is 0.306 e. The Morgan fingerprint density at radius 1 is 0.288 bits per heavy atom. The highest BCUT2D eigenvalue weighted by Crippen LogP contribution is 2.17. The number of rotatable bonds is 57. The fourth-order valence-corrected chi connectivity index (χ4v) is 8.98. The topological polar surface area (TPSA) is 78.9 Å². The Morgan fingerprint density at radius 3 is 0.890 bits per heavy atom. The number of unbranched alkanes of at least 4 members (excludes halogenated alkanes) is 34. The highest BCUT2D eigenvalue weighted by Gasteiger charge is 2.19. The predicted octanol–water partition coefficient (Wildman–Crippen LogP) is 21.3. The molecule has 0 N–H and O–H groups in total. The molecule has 0 saturated carbocycles. The van der Waals surface area contributed by atoms with Crippen LogP contribution in [0.15, 0.2) is 72.9 Å². The van der Waals surface area contributed by atoms with Gasteiger partial charge in [0.05, 0.1) is 0 Å². The van der Waals surface area contributed by atoms with E-state index in [1.165, 1.54) is 173 Å². The van der Waals surface area contributed by atoms with Gasteiger partial charge in [0.1, 0.15) is 13.2 Å². The minimum Gasteiger partial charge on any atom is -0.462 e. The Balaban J connectivity index is 4.29. The van der Waals surface area contributed by atoms with E-state index in [9.17, 15) is 14.4 Å². The fourth-order valence-electron chi connectivity index (χ4n) is 8.98. The van der Waals surface area contributed by atoms with Gasteiger partial charge >= 0.3 is 17.9 Å². The van der Waals surface area contributed by atoms with Gasteiger partial charge in [0.15, 0.2) is 6.10 Å². The number of hydrogen-bond acceptors (Lipinski definition) is 6. The van der Waals surface area contributed by atoms with Gasteiger partial charge in [-0.2, -0.15) is 0 Å². The lowest BCUT2D eigenvalue weighted by molar-refractivity contribution is -0.167. The number of hydrogen-bond donors (Lipinski definition) is 0.